The van der Waals surface area contributed by atoms with Gasteiger partial charge in [-0.2, -0.15) is 23.1 Å². The van der Waals surface area contributed by atoms with Gasteiger partial charge in [0, 0.05) is 18.7 Å². The van der Waals surface area contributed by atoms with Crippen LogP contribution in [0.25, 0.3) is 0 Å². The van der Waals surface area contributed by atoms with Crippen LogP contribution >= 0.6 is 23.1 Å². The lowest BCUT2D eigenvalue weighted by molar-refractivity contribution is -0.120. The third kappa shape index (κ3) is 4.67. The predicted molar refractivity (Wildman–Crippen MR) is 64.0 cm³/mol. The smallest absolute Gasteiger partial charge is 0.220 e. The minimum Gasteiger partial charge on any atom is -0.356 e. The van der Waals surface area contributed by atoms with Crippen molar-refractivity contribution in [3.63, 3.8) is 0 Å². The maximum absolute atomic E-state index is 11.2. The molecule has 0 aliphatic rings. The van der Waals surface area contributed by atoms with Crippen molar-refractivity contribution in [1.29, 1.82) is 0 Å². The van der Waals surface area contributed by atoms with Crippen LogP contribution in [-0.4, -0.2) is 24.5 Å². The van der Waals surface area contributed by atoms with Crippen molar-refractivity contribution in [3.05, 3.63) is 22.4 Å². The molecule has 1 amide bonds. The highest BCUT2D eigenvalue weighted by molar-refractivity contribution is 7.98. The molecule has 0 saturated carbocycles. The maximum Gasteiger partial charge on any atom is 0.220 e. The molecule has 0 bridgehead atoms. The molecule has 0 fully saturated rings. The first kappa shape index (κ1) is 11.6. The zero-order chi connectivity index (χ0) is 10.2. The monoisotopic (exact) mass is 229 g/mol. The standard InChI is InChI=1S/C10H15NOS2/c1-13-6-4-10(12)11-5-2-9-3-7-14-8-9/h3,7-8H,2,4-6H2,1H3,(H,11,12). The SMILES string of the molecule is CSCCC(=O)NCCc1ccsc1. The van der Waals surface area contributed by atoms with E-state index in [1.165, 1.54) is 5.56 Å². The normalized spacial score (nSPS) is 10.1. The summed E-state index contributed by atoms with van der Waals surface area (Å²) in [6, 6.07) is 2.10. The fourth-order valence-electron chi connectivity index (χ4n) is 1.06. The van der Waals surface area contributed by atoms with Crippen molar-refractivity contribution in [2.24, 2.45) is 0 Å². The summed E-state index contributed by atoms with van der Waals surface area (Å²) in [6.07, 6.45) is 3.58. The van der Waals surface area contributed by atoms with Crippen molar-refractivity contribution in [2.45, 2.75) is 12.8 Å². The lowest BCUT2D eigenvalue weighted by Gasteiger charge is -2.02. The molecule has 1 N–H and O–H groups in total. The van der Waals surface area contributed by atoms with E-state index in [9.17, 15) is 4.79 Å². The number of hydrogen-bond acceptors (Lipinski definition) is 3. The fraction of sp³-hybridized carbons (Fsp3) is 0.500. The van der Waals surface area contributed by atoms with Crippen LogP contribution in [0.15, 0.2) is 16.8 Å². The summed E-state index contributed by atoms with van der Waals surface area (Å²) in [4.78, 5) is 11.2. The summed E-state index contributed by atoms with van der Waals surface area (Å²) in [7, 11) is 0. The summed E-state index contributed by atoms with van der Waals surface area (Å²) < 4.78 is 0. The van der Waals surface area contributed by atoms with E-state index in [0.29, 0.717) is 6.42 Å². The number of rotatable bonds is 6. The quantitative estimate of drug-likeness (QED) is 0.810. The third-order valence-electron chi connectivity index (χ3n) is 1.85. The number of amides is 1. The van der Waals surface area contributed by atoms with Crippen LogP contribution in [0.3, 0.4) is 0 Å². The van der Waals surface area contributed by atoms with Crippen LogP contribution in [0, 0.1) is 0 Å². The molecule has 1 heterocycles. The molecule has 0 aliphatic heterocycles. The molecule has 0 spiro atoms. The molecule has 0 saturated heterocycles. The fourth-order valence-corrected chi connectivity index (χ4v) is 2.16. The molecule has 2 nitrogen and oxygen atoms in total. The molecule has 1 aromatic rings. The van der Waals surface area contributed by atoms with Gasteiger partial charge >= 0.3 is 0 Å². The van der Waals surface area contributed by atoms with Gasteiger partial charge in [-0.05, 0) is 35.1 Å². The number of hydrogen-bond donors (Lipinski definition) is 1. The second-order valence-electron chi connectivity index (χ2n) is 2.97. The van der Waals surface area contributed by atoms with Crippen LogP contribution in [0.4, 0.5) is 0 Å². The number of carbonyl (C=O) groups excluding carboxylic acids is 1. The Bertz CT molecular complexity index is 259. The molecular formula is C10H15NOS2. The van der Waals surface area contributed by atoms with Crippen molar-refractivity contribution >= 4 is 29.0 Å². The molecule has 4 heteroatoms. The van der Waals surface area contributed by atoms with Crippen LogP contribution in [0.2, 0.25) is 0 Å². The second kappa shape index (κ2) is 6.90. The van der Waals surface area contributed by atoms with E-state index in [4.69, 9.17) is 0 Å². The number of thiophene rings is 1. The van der Waals surface area contributed by atoms with E-state index in [0.717, 1.165) is 18.7 Å². The minimum absolute atomic E-state index is 0.162. The Morgan fingerprint density at radius 2 is 2.50 bits per heavy atom. The van der Waals surface area contributed by atoms with Crippen LogP contribution in [0.1, 0.15) is 12.0 Å². The van der Waals surface area contributed by atoms with Crippen LogP contribution in [-0.2, 0) is 11.2 Å². The first-order chi connectivity index (χ1) is 6.83. The summed E-state index contributed by atoms with van der Waals surface area (Å²) in [5.41, 5.74) is 1.31. The second-order valence-corrected chi connectivity index (χ2v) is 4.74. The Hall–Kier alpha value is -0.480. The molecule has 1 rings (SSSR count). The van der Waals surface area contributed by atoms with Crippen molar-refractivity contribution in [1.82, 2.24) is 5.32 Å². The van der Waals surface area contributed by atoms with Crippen LogP contribution in [0.5, 0.6) is 0 Å². The van der Waals surface area contributed by atoms with E-state index in [-0.39, 0.29) is 5.91 Å². The van der Waals surface area contributed by atoms with Crippen molar-refractivity contribution in [2.75, 3.05) is 18.6 Å². The lowest BCUT2D eigenvalue weighted by Crippen LogP contribution is -2.25. The Morgan fingerprint density at radius 3 is 3.14 bits per heavy atom. The predicted octanol–water partition coefficient (Wildman–Crippen LogP) is 2.16. The molecule has 0 unspecified atom stereocenters. The van der Waals surface area contributed by atoms with Gasteiger partial charge in [0.05, 0.1) is 0 Å². The molecule has 0 atom stereocenters. The average molecular weight is 229 g/mol. The van der Waals surface area contributed by atoms with Gasteiger partial charge in [-0.15, -0.1) is 0 Å². The highest BCUT2D eigenvalue weighted by atomic mass is 32.2. The first-order valence-corrected chi connectivity index (χ1v) is 6.93. The number of carbonyl (C=O) groups is 1. The Morgan fingerprint density at radius 1 is 1.64 bits per heavy atom. The van der Waals surface area contributed by atoms with Gasteiger partial charge in [0.1, 0.15) is 0 Å². The number of nitrogens with one attached hydrogen (secondary N) is 1. The van der Waals surface area contributed by atoms with E-state index in [1.54, 1.807) is 23.1 Å². The summed E-state index contributed by atoms with van der Waals surface area (Å²) in [5.74, 6) is 1.07. The van der Waals surface area contributed by atoms with E-state index < -0.39 is 0 Å². The largest absolute Gasteiger partial charge is 0.356 e. The summed E-state index contributed by atoms with van der Waals surface area (Å²) >= 11 is 3.40. The lowest BCUT2D eigenvalue weighted by atomic mass is 10.2. The van der Waals surface area contributed by atoms with Gasteiger partial charge in [-0.3, -0.25) is 4.79 Å². The molecule has 0 aliphatic carbocycles. The maximum atomic E-state index is 11.2. The van der Waals surface area contributed by atoms with Crippen LogP contribution < -0.4 is 5.32 Å². The minimum atomic E-state index is 0.162. The zero-order valence-electron chi connectivity index (χ0n) is 8.29. The van der Waals surface area contributed by atoms with E-state index in [1.807, 2.05) is 6.26 Å². The third-order valence-corrected chi connectivity index (χ3v) is 3.19. The van der Waals surface area contributed by atoms with E-state index in [2.05, 4.69) is 22.1 Å². The van der Waals surface area contributed by atoms with Gasteiger partial charge in [0.25, 0.3) is 0 Å². The Kier molecular flexibility index (Phi) is 5.71. The van der Waals surface area contributed by atoms with E-state index >= 15 is 0 Å². The first-order valence-electron chi connectivity index (χ1n) is 4.59. The summed E-state index contributed by atoms with van der Waals surface area (Å²) in [6.45, 7) is 0.754. The molecular weight excluding hydrogens is 214 g/mol. The zero-order valence-corrected chi connectivity index (χ0v) is 9.92. The molecule has 78 valence electrons. The Labute approximate surface area is 93.1 Å². The summed E-state index contributed by atoms with van der Waals surface area (Å²) in [5, 5.41) is 7.09. The number of thioether (sulfide) groups is 1. The van der Waals surface area contributed by atoms with Gasteiger partial charge < -0.3 is 5.32 Å². The highest BCUT2D eigenvalue weighted by Gasteiger charge is 1.99. The average Bonchev–Trinajstić information content (AvgIpc) is 2.67. The molecule has 0 radical (unpaired) electrons. The molecule has 0 aromatic carbocycles. The molecule has 14 heavy (non-hydrogen) atoms. The van der Waals surface area contributed by atoms with Crippen molar-refractivity contribution < 1.29 is 4.79 Å². The van der Waals surface area contributed by atoms with Gasteiger partial charge in [-0.25, -0.2) is 0 Å². The van der Waals surface area contributed by atoms with Gasteiger partial charge in [0.2, 0.25) is 5.91 Å². The van der Waals surface area contributed by atoms with Gasteiger partial charge in [-0.1, -0.05) is 0 Å². The van der Waals surface area contributed by atoms with Gasteiger partial charge in [0.15, 0.2) is 0 Å². The topological polar surface area (TPSA) is 29.1 Å². The Balaban J connectivity index is 2.06. The highest BCUT2D eigenvalue weighted by Crippen LogP contribution is 2.05. The molecule has 1 aromatic heterocycles. The van der Waals surface area contributed by atoms with Crippen molar-refractivity contribution in [3.8, 4) is 0 Å².